The van der Waals surface area contributed by atoms with Crippen LogP contribution < -0.4 is 0 Å². The van der Waals surface area contributed by atoms with Gasteiger partial charge in [-0.15, -0.1) is 0 Å². The second kappa shape index (κ2) is 2.09. The van der Waals surface area contributed by atoms with E-state index in [0.29, 0.717) is 5.76 Å². The molecular formula is C6H8O3. The van der Waals surface area contributed by atoms with E-state index in [-0.39, 0.29) is 5.97 Å². The molecule has 0 radical (unpaired) electrons. The van der Waals surface area contributed by atoms with Gasteiger partial charge < -0.3 is 9.47 Å². The van der Waals surface area contributed by atoms with E-state index in [0.717, 1.165) is 0 Å². The third-order valence-electron chi connectivity index (χ3n) is 1.03. The van der Waals surface area contributed by atoms with Crippen molar-refractivity contribution in [3.8, 4) is 0 Å². The van der Waals surface area contributed by atoms with Crippen molar-refractivity contribution in [3.63, 3.8) is 0 Å². The van der Waals surface area contributed by atoms with Crippen LogP contribution in [-0.2, 0) is 14.3 Å². The van der Waals surface area contributed by atoms with Gasteiger partial charge in [0.2, 0.25) is 0 Å². The molecule has 1 atom stereocenters. The fourth-order valence-corrected chi connectivity index (χ4v) is 0.519. The Morgan fingerprint density at radius 1 is 1.67 bits per heavy atom. The smallest absolute Gasteiger partial charge is 0.352 e. The summed E-state index contributed by atoms with van der Waals surface area (Å²) in [6.07, 6.45) is 0.986. The van der Waals surface area contributed by atoms with Gasteiger partial charge in [-0.2, -0.15) is 0 Å². The first-order valence-corrected chi connectivity index (χ1v) is 2.74. The minimum Gasteiger partial charge on any atom is -0.483 e. The standard InChI is InChI=1S/C6H8O3/c1-4-3-8-5(2)6(7)9-4/h3,5H,1-2H3. The van der Waals surface area contributed by atoms with Gasteiger partial charge in [0, 0.05) is 0 Å². The van der Waals surface area contributed by atoms with Gasteiger partial charge in [0.1, 0.15) is 12.0 Å². The predicted molar refractivity (Wildman–Crippen MR) is 30.4 cm³/mol. The normalized spacial score (nSPS) is 26.2. The molecule has 3 heteroatoms. The number of hydrogen-bond donors (Lipinski definition) is 0. The molecule has 50 valence electrons. The Morgan fingerprint density at radius 2 is 2.33 bits per heavy atom. The summed E-state index contributed by atoms with van der Waals surface area (Å²) in [6.45, 7) is 3.31. The highest BCUT2D eigenvalue weighted by molar-refractivity contribution is 5.75. The molecular weight excluding hydrogens is 120 g/mol. The number of esters is 1. The molecule has 0 aromatic heterocycles. The average Bonchev–Trinajstić information content (AvgIpc) is 1.80. The molecule has 0 saturated carbocycles. The highest BCUT2D eigenvalue weighted by Gasteiger charge is 2.19. The van der Waals surface area contributed by atoms with Crippen molar-refractivity contribution < 1.29 is 14.3 Å². The molecule has 0 amide bonds. The Bertz CT molecular complexity index is 160. The lowest BCUT2D eigenvalue weighted by Crippen LogP contribution is -2.24. The van der Waals surface area contributed by atoms with E-state index in [1.54, 1.807) is 13.8 Å². The van der Waals surface area contributed by atoms with Gasteiger partial charge >= 0.3 is 5.97 Å². The van der Waals surface area contributed by atoms with Crippen LogP contribution in [0.2, 0.25) is 0 Å². The second-order valence-corrected chi connectivity index (χ2v) is 1.93. The van der Waals surface area contributed by atoms with E-state index < -0.39 is 6.10 Å². The highest BCUT2D eigenvalue weighted by Crippen LogP contribution is 2.08. The Hall–Kier alpha value is -0.990. The van der Waals surface area contributed by atoms with Gasteiger partial charge in [-0.25, -0.2) is 4.79 Å². The Morgan fingerprint density at radius 3 is 2.78 bits per heavy atom. The maximum atomic E-state index is 10.6. The van der Waals surface area contributed by atoms with Crippen LogP contribution in [0.4, 0.5) is 0 Å². The van der Waals surface area contributed by atoms with Crippen molar-refractivity contribution in [1.29, 1.82) is 0 Å². The molecule has 1 aliphatic rings. The molecule has 0 fully saturated rings. The molecule has 0 N–H and O–H groups in total. The Labute approximate surface area is 53.3 Å². The van der Waals surface area contributed by atoms with E-state index in [1.165, 1.54) is 6.26 Å². The maximum Gasteiger partial charge on any atom is 0.352 e. The number of allylic oxidation sites excluding steroid dienone is 1. The van der Waals surface area contributed by atoms with Gasteiger partial charge in [-0.3, -0.25) is 0 Å². The maximum absolute atomic E-state index is 10.6. The van der Waals surface area contributed by atoms with E-state index >= 15 is 0 Å². The number of hydrogen-bond acceptors (Lipinski definition) is 3. The van der Waals surface area contributed by atoms with Crippen molar-refractivity contribution >= 4 is 5.97 Å². The van der Waals surface area contributed by atoms with Crippen LogP contribution in [0.1, 0.15) is 13.8 Å². The molecule has 9 heavy (non-hydrogen) atoms. The van der Waals surface area contributed by atoms with Crippen LogP contribution in [0.3, 0.4) is 0 Å². The largest absolute Gasteiger partial charge is 0.483 e. The molecule has 1 aliphatic heterocycles. The molecule has 3 nitrogen and oxygen atoms in total. The van der Waals surface area contributed by atoms with Crippen molar-refractivity contribution in [2.24, 2.45) is 0 Å². The van der Waals surface area contributed by atoms with Crippen LogP contribution in [0.5, 0.6) is 0 Å². The number of carbonyl (C=O) groups excluding carboxylic acids is 1. The topological polar surface area (TPSA) is 35.5 Å². The van der Waals surface area contributed by atoms with Gasteiger partial charge in [0.25, 0.3) is 0 Å². The molecule has 0 spiro atoms. The lowest BCUT2D eigenvalue weighted by molar-refractivity contribution is -0.152. The quantitative estimate of drug-likeness (QED) is 0.453. The van der Waals surface area contributed by atoms with E-state index in [1.807, 2.05) is 0 Å². The van der Waals surface area contributed by atoms with Crippen LogP contribution >= 0.6 is 0 Å². The zero-order valence-electron chi connectivity index (χ0n) is 5.38. The van der Waals surface area contributed by atoms with E-state index in [9.17, 15) is 4.79 Å². The third-order valence-corrected chi connectivity index (χ3v) is 1.03. The molecule has 1 unspecified atom stereocenters. The number of ether oxygens (including phenoxy) is 2. The summed E-state index contributed by atoms with van der Waals surface area (Å²) in [5.74, 6) is 0.188. The van der Waals surface area contributed by atoms with E-state index in [2.05, 4.69) is 0 Å². The minimum absolute atomic E-state index is 0.324. The monoisotopic (exact) mass is 128 g/mol. The molecule has 1 heterocycles. The molecule has 0 bridgehead atoms. The zero-order chi connectivity index (χ0) is 6.85. The van der Waals surface area contributed by atoms with E-state index in [4.69, 9.17) is 9.47 Å². The zero-order valence-corrected chi connectivity index (χ0v) is 5.38. The van der Waals surface area contributed by atoms with Crippen LogP contribution in [0.15, 0.2) is 12.0 Å². The van der Waals surface area contributed by atoms with Gasteiger partial charge in [-0.05, 0) is 13.8 Å². The summed E-state index contributed by atoms with van der Waals surface area (Å²) in [5.41, 5.74) is 0. The van der Waals surface area contributed by atoms with Crippen molar-refractivity contribution in [3.05, 3.63) is 12.0 Å². The van der Waals surface area contributed by atoms with Crippen LogP contribution in [0.25, 0.3) is 0 Å². The van der Waals surface area contributed by atoms with Gasteiger partial charge in [0.15, 0.2) is 6.10 Å². The van der Waals surface area contributed by atoms with Crippen molar-refractivity contribution in [2.45, 2.75) is 20.0 Å². The SMILES string of the molecule is CC1=COC(C)C(=O)O1. The number of cyclic esters (lactones) is 1. The molecule has 1 rings (SSSR count). The van der Waals surface area contributed by atoms with Crippen molar-refractivity contribution in [2.75, 3.05) is 0 Å². The Kier molecular flexibility index (Phi) is 1.42. The first-order chi connectivity index (χ1) is 4.20. The number of rotatable bonds is 0. The summed E-state index contributed by atoms with van der Waals surface area (Å²) < 4.78 is 9.56. The predicted octanol–water partition coefficient (Wildman–Crippen LogP) is 0.810. The lowest BCUT2D eigenvalue weighted by atomic mass is 10.4. The summed E-state index contributed by atoms with van der Waals surface area (Å²) >= 11 is 0. The average molecular weight is 128 g/mol. The summed E-state index contributed by atoms with van der Waals surface area (Å²) in [5, 5.41) is 0. The molecule has 0 aliphatic carbocycles. The van der Waals surface area contributed by atoms with Crippen LogP contribution in [-0.4, -0.2) is 12.1 Å². The summed E-state index contributed by atoms with van der Waals surface area (Å²) in [4.78, 5) is 10.6. The van der Waals surface area contributed by atoms with Crippen molar-refractivity contribution in [1.82, 2.24) is 0 Å². The van der Waals surface area contributed by atoms with Crippen LogP contribution in [0, 0.1) is 0 Å². The molecule has 0 saturated heterocycles. The lowest BCUT2D eigenvalue weighted by Gasteiger charge is -2.16. The first kappa shape index (κ1) is 6.13. The van der Waals surface area contributed by atoms with Gasteiger partial charge in [-0.1, -0.05) is 0 Å². The fourth-order valence-electron chi connectivity index (χ4n) is 0.519. The number of carbonyl (C=O) groups is 1. The first-order valence-electron chi connectivity index (χ1n) is 2.74. The molecule has 0 aromatic carbocycles. The fraction of sp³-hybridized carbons (Fsp3) is 0.500. The third kappa shape index (κ3) is 1.22. The molecule has 0 aromatic rings. The minimum atomic E-state index is -0.450. The van der Waals surface area contributed by atoms with Gasteiger partial charge in [0.05, 0.1) is 0 Å². The highest BCUT2D eigenvalue weighted by atomic mass is 16.6. The Balaban J connectivity index is 2.65. The summed E-state index contributed by atoms with van der Waals surface area (Å²) in [7, 11) is 0. The second-order valence-electron chi connectivity index (χ2n) is 1.93. The summed E-state index contributed by atoms with van der Waals surface area (Å²) in [6, 6.07) is 0.